The fourth-order valence-corrected chi connectivity index (χ4v) is 4.08. The smallest absolute Gasteiger partial charge is 0.326 e. The topological polar surface area (TPSA) is 85.3 Å². The summed E-state index contributed by atoms with van der Waals surface area (Å²) in [5.41, 5.74) is 0.646. The first kappa shape index (κ1) is 21.0. The van der Waals surface area contributed by atoms with Gasteiger partial charge in [-0.2, -0.15) is 0 Å². The molecule has 146 valence electrons. The highest BCUT2D eigenvalue weighted by Crippen LogP contribution is 2.40. The molecule has 0 saturated carbocycles. The molecule has 1 saturated heterocycles. The van der Waals surface area contributed by atoms with Crippen molar-refractivity contribution in [3.63, 3.8) is 0 Å². The number of aliphatic carboxylic acids is 1. The number of ether oxygens (including phenoxy) is 3. The Morgan fingerprint density at radius 2 is 1.85 bits per heavy atom. The maximum Gasteiger partial charge on any atom is 0.326 e. The quantitative estimate of drug-likeness (QED) is 0.516. The fraction of sp³-hybridized carbons (Fsp3) is 0.389. The van der Waals surface area contributed by atoms with Crippen LogP contribution in [0.15, 0.2) is 17.0 Å². The van der Waals surface area contributed by atoms with Crippen molar-refractivity contribution in [2.45, 2.75) is 25.8 Å². The highest BCUT2D eigenvalue weighted by Gasteiger charge is 2.40. The van der Waals surface area contributed by atoms with Crippen molar-refractivity contribution in [3.05, 3.63) is 22.6 Å². The first-order chi connectivity index (χ1) is 12.9. The maximum absolute atomic E-state index is 12.8. The molecule has 9 heteroatoms. The minimum Gasteiger partial charge on any atom is -0.493 e. The van der Waals surface area contributed by atoms with E-state index in [9.17, 15) is 14.7 Å². The third-order valence-electron chi connectivity index (χ3n) is 3.97. The molecular weight excluding hydrogens is 390 g/mol. The van der Waals surface area contributed by atoms with E-state index in [2.05, 4.69) is 0 Å². The standard InChI is InChI=1S/C18H21NO6S2/c1-5-6-11(17(21)22)19-16(20)14(27-18(19)26)9-10-7-12(23-2)15(25-4)13(8-10)24-3/h7-9,11H,5-6H2,1-4H3,(H,21,22). The number of hydrogen-bond acceptors (Lipinski definition) is 7. The Morgan fingerprint density at radius 1 is 1.26 bits per heavy atom. The van der Waals surface area contributed by atoms with Crippen LogP contribution < -0.4 is 14.2 Å². The summed E-state index contributed by atoms with van der Waals surface area (Å²) in [6.07, 6.45) is 2.59. The molecule has 0 aliphatic carbocycles. The van der Waals surface area contributed by atoms with E-state index in [1.54, 1.807) is 18.2 Å². The fourth-order valence-electron chi connectivity index (χ4n) is 2.72. The van der Waals surface area contributed by atoms with Gasteiger partial charge in [0, 0.05) is 0 Å². The van der Waals surface area contributed by atoms with Gasteiger partial charge in [-0.15, -0.1) is 0 Å². The van der Waals surface area contributed by atoms with Gasteiger partial charge in [-0.1, -0.05) is 37.3 Å². The number of benzene rings is 1. The Balaban J connectivity index is 2.42. The van der Waals surface area contributed by atoms with Crippen LogP contribution in [0.5, 0.6) is 17.2 Å². The van der Waals surface area contributed by atoms with Crippen LogP contribution in [0.1, 0.15) is 25.3 Å². The third kappa shape index (κ3) is 4.36. The molecule has 1 amide bonds. The van der Waals surface area contributed by atoms with Gasteiger partial charge < -0.3 is 19.3 Å². The molecule has 1 aliphatic rings. The van der Waals surface area contributed by atoms with E-state index in [1.807, 2.05) is 6.92 Å². The lowest BCUT2D eigenvalue weighted by atomic mass is 10.1. The van der Waals surface area contributed by atoms with E-state index in [0.717, 1.165) is 11.8 Å². The number of amides is 1. The summed E-state index contributed by atoms with van der Waals surface area (Å²) < 4.78 is 16.2. The number of carbonyl (C=O) groups is 2. The summed E-state index contributed by atoms with van der Waals surface area (Å²) in [5, 5.41) is 9.44. The molecule has 1 aliphatic heterocycles. The lowest BCUT2D eigenvalue weighted by molar-refractivity contribution is -0.145. The number of carboxylic acid groups (broad SMARTS) is 1. The van der Waals surface area contributed by atoms with Crippen LogP contribution in [-0.4, -0.2) is 53.6 Å². The monoisotopic (exact) mass is 411 g/mol. The first-order valence-electron chi connectivity index (χ1n) is 8.17. The van der Waals surface area contributed by atoms with E-state index >= 15 is 0 Å². The molecule has 1 N–H and O–H groups in total. The lowest BCUT2D eigenvalue weighted by Crippen LogP contribution is -2.43. The maximum atomic E-state index is 12.8. The van der Waals surface area contributed by atoms with Crippen LogP contribution in [0.25, 0.3) is 6.08 Å². The van der Waals surface area contributed by atoms with Crippen molar-refractivity contribution in [1.82, 2.24) is 4.90 Å². The molecule has 7 nitrogen and oxygen atoms in total. The molecular formula is C18H21NO6S2. The number of carboxylic acids is 1. The van der Waals surface area contributed by atoms with E-state index < -0.39 is 17.9 Å². The van der Waals surface area contributed by atoms with Crippen molar-refractivity contribution in [2.75, 3.05) is 21.3 Å². The Morgan fingerprint density at radius 3 is 2.30 bits per heavy atom. The van der Waals surface area contributed by atoms with Crippen LogP contribution in [0.3, 0.4) is 0 Å². The Hall–Kier alpha value is -2.26. The lowest BCUT2D eigenvalue weighted by Gasteiger charge is -2.22. The minimum absolute atomic E-state index is 0.236. The molecule has 1 fully saturated rings. The molecule has 0 bridgehead atoms. The number of methoxy groups -OCH3 is 3. The van der Waals surface area contributed by atoms with Crippen LogP contribution in [-0.2, 0) is 9.59 Å². The van der Waals surface area contributed by atoms with Crippen LogP contribution >= 0.6 is 24.0 Å². The Bertz CT molecular complexity index is 767. The van der Waals surface area contributed by atoms with Crippen molar-refractivity contribution in [3.8, 4) is 17.2 Å². The predicted molar refractivity (Wildman–Crippen MR) is 107 cm³/mol. The van der Waals surface area contributed by atoms with Crippen LogP contribution in [0, 0.1) is 0 Å². The van der Waals surface area contributed by atoms with Gasteiger partial charge in [0.25, 0.3) is 5.91 Å². The van der Waals surface area contributed by atoms with Gasteiger partial charge in [-0.05, 0) is 30.2 Å². The zero-order valence-electron chi connectivity index (χ0n) is 15.5. The van der Waals surface area contributed by atoms with Crippen molar-refractivity contribution in [2.24, 2.45) is 0 Å². The summed E-state index contributed by atoms with van der Waals surface area (Å²) in [6.45, 7) is 1.86. The average molecular weight is 412 g/mol. The summed E-state index contributed by atoms with van der Waals surface area (Å²) in [7, 11) is 4.51. The van der Waals surface area contributed by atoms with Gasteiger partial charge in [0.2, 0.25) is 5.75 Å². The number of carbonyl (C=O) groups excluding carboxylic acids is 1. The van der Waals surface area contributed by atoms with Crippen molar-refractivity contribution in [1.29, 1.82) is 0 Å². The molecule has 2 rings (SSSR count). The summed E-state index contributed by atoms with van der Waals surface area (Å²) in [4.78, 5) is 25.8. The van der Waals surface area contributed by atoms with E-state index in [0.29, 0.717) is 40.6 Å². The highest BCUT2D eigenvalue weighted by molar-refractivity contribution is 8.26. The summed E-state index contributed by atoms with van der Waals surface area (Å²) in [6, 6.07) is 2.44. The normalized spacial score (nSPS) is 16.6. The molecule has 0 spiro atoms. The Labute approximate surface area is 167 Å². The number of thiocarbonyl (C=S) groups is 1. The molecule has 1 unspecified atom stereocenters. The highest BCUT2D eigenvalue weighted by atomic mass is 32.2. The molecule has 27 heavy (non-hydrogen) atoms. The number of thioether (sulfide) groups is 1. The predicted octanol–water partition coefficient (Wildman–Crippen LogP) is 3.17. The molecule has 1 aromatic rings. The zero-order chi connectivity index (χ0) is 20.1. The SMILES string of the molecule is CCCC(C(=O)O)N1C(=O)C(=Cc2cc(OC)c(OC)c(OC)c2)SC1=S. The minimum atomic E-state index is -1.07. The van der Waals surface area contributed by atoms with E-state index in [1.165, 1.54) is 26.2 Å². The second kappa shape index (κ2) is 9.09. The van der Waals surface area contributed by atoms with Crippen molar-refractivity contribution < 1.29 is 28.9 Å². The first-order valence-corrected chi connectivity index (χ1v) is 9.40. The second-order valence-electron chi connectivity index (χ2n) is 5.65. The van der Waals surface area contributed by atoms with E-state index in [-0.39, 0.29) is 4.32 Å². The van der Waals surface area contributed by atoms with Crippen LogP contribution in [0.2, 0.25) is 0 Å². The number of nitrogens with zero attached hydrogens (tertiary/aromatic N) is 1. The number of hydrogen-bond donors (Lipinski definition) is 1. The molecule has 1 heterocycles. The van der Waals surface area contributed by atoms with Gasteiger partial charge in [0.15, 0.2) is 11.5 Å². The van der Waals surface area contributed by atoms with Crippen LogP contribution in [0.4, 0.5) is 0 Å². The molecule has 0 radical (unpaired) electrons. The zero-order valence-corrected chi connectivity index (χ0v) is 17.1. The van der Waals surface area contributed by atoms with Gasteiger partial charge in [0.1, 0.15) is 10.4 Å². The van der Waals surface area contributed by atoms with Gasteiger partial charge in [0.05, 0.1) is 26.2 Å². The average Bonchev–Trinajstić information content (AvgIpc) is 2.91. The van der Waals surface area contributed by atoms with Gasteiger partial charge in [-0.25, -0.2) is 4.79 Å². The third-order valence-corrected chi connectivity index (χ3v) is 5.30. The number of rotatable bonds is 8. The molecule has 1 atom stereocenters. The largest absolute Gasteiger partial charge is 0.493 e. The second-order valence-corrected chi connectivity index (χ2v) is 7.33. The summed E-state index contributed by atoms with van der Waals surface area (Å²) in [5.74, 6) is -0.138. The molecule has 0 aromatic heterocycles. The molecule has 1 aromatic carbocycles. The summed E-state index contributed by atoms with van der Waals surface area (Å²) >= 11 is 6.33. The van der Waals surface area contributed by atoms with Gasteiger partial charge in [-0.3, -0.25) is 9.69 Å². The van der Waals surface area contributed by atoms with Gasteiger partial charge >= 0.3 is 5.97 Å². The van der Waals surface area contributed by atoms with E-state index in [4.69, 9.17) is 26.4 Å². The Kier molecular flexibility index (Phi) is 7.09. The van der Waals surface area contributed by atoms with Crippen molar-refractivity contribution >= 4 is 46.3 Å².